The smallest absolute Gasteiger partial charge is 0.318 e. The predicted molar refractivity (Wildman–Crippen MR) is 202 cm³/mol. The van der Waals surface area contributed by atoms with Crippen LogP contribution in [0.3, 0.4) is 0 Å². The summed E-state index contributed by atoms with van der Waals surface area (Å²) in [5, 5.41) is 22.1. The Labute approximate surface area is 310 Å². The molecule has 2 aromatic carbocycles. The summed E-state index contributed by atoms with van der Waals surface area (Å²) < 4.78 is 7.22. The van der Waals surface area contributed by atoms with Gasteiger partial charge in [-0.25, -0.2) is 19.4 Å². The number of benzene rings is 2. The molecule has 5 aromatic rings. The van der Waals surface area contributed by atoms with Crippen LogP contribution >= 0.6 is 23.2 Å². The first kappa shape index (κ1) is 34.3. The molecule has 0 bridgehead atoms. The molecule has 0 radical (unpaired) electrons. The molecule has 3 N–H and O–H groups in total. The standard InChI is InChI=1S/C38H38Cl2N8O4/c1-21-16-23-18-41-46(2)36(50)31(23)34(42-21)43-27-9-5-7-25(33(27)40)24-6-4-8-26(32(24)39)28-17-22-10-11-29(30(22)35(44-28)52-3)47-13-12-38(19-47)20-48(14-15-49)37(51)45-38/h4-9,16-18,29,49H,10-15,19-20H2,1-3H3,(H,42,43)(H,45,51)/t29-,38+/m0/s1. The molecule has 2 saturated heterocycles. The van der Waals surface area contributed by atoms with Gasteiger partial charge in [0.2, 0.25) is 5.88 Å². The van der Waals surface area contributed by atoms with Gasteiger partial charge in [0.15, 0.2) is 0 Å². The van der Waals surface area contributed by atoms with Gasteiger partial charge in [0, 0.05) is 72.6 Å². The number of fused-ring (bicyclic) bond motifs is 2. The third kappa shape index (κ3) is 5.83. The summed E-state index contributed by atoms with van der Waals surface area (Å²) >= 11 is 14.3. The molecule has 2 aliphatic heterocycles. The van der Waals surface area contributed by atoms with Crippen LogP contribution in [0.4, 0.5) is 16.3 Å². The molecule has 0 saturated carbocycles. The van der Waals surface area contributed by atoms with Crippen LogP contribution in [0.2, 0.25) is 10.0 Å². The molecular formula is C38H38Cl2N8O4. The summed E-state index contributed by atoms with van der Waals surface area (Å²) in [5.74, 6) is 0.962. The lowest BCUT2D eigenvalue weighted by molar-refractivity contribution is 0.193. The van der Waals surface area contributed by atoms with Crippen molar-refractivity contribution in [3.8, 4) is 28.3 Å². The predicted octanol–water partition coefficient (Wildman–Crippen LogP) is 5.87. The van der Waals surface area contributed by atoms with Crippen LogP contribution in [-0.4, -0.2) is 86.1 Å². The summed E-state index contributed by atoms with van der Waals surface area (Å²) in [7, 11) is 3.25. The van der Waals surface area contributed by atoms with Crippen molar-refractivity contribution in [2.24, 2.45) is 7.05 Å². The van der Waals surface area contributed by atoms with E-state index in [4.69, 9.17) is 32.9 Å². The number of aromatic nitrogens is 4. The van der Waals surface area contributed by atoms with Gasteiger partial charge in [-0.2, -0.15) is 5.10 Å². The van der Waals surface area contributed by atoms with E-state index in [0.29, 0.717) is 62.5 Å². The number of rotatable bonds is 8. The van der Waals surface area contributed by atoms with E-state index in [9.17, 15) is 14.7 Å². The van der Waals surface area contributed by atoms with E-state index in [1.54, 1.807) is 25.3 Å². The summed E-state index contributed by atoms with van der Waals surface area (Å²) in [6, 6.07) is 15.4. The Morgan fingerprint density at radius 3 is 2.62 bits per heavy atom. The Bertz CT molecular complexity index is 2320. The lowest BCUT2D eigenvalue weighted by Gasteiger charge is -2.28. The molecule has 3 aromatic heterocycles. The molecule has 14 heteroatoms. The van der Waals surface area contributed by atoms with Gasteiger partial charge < -0.3 is 25.4 Å². The maximum Gasteiger partial charge on any atom is 0.318 e. The number of carbonyl (C=O) groups excluding carboxylic acids is 1. The fourth-order valence-corrected chi connectivity index (χ4v) is 8.71. The zero-order valence-corrected chi connectivity index (χ0v) is 30.6. The minimum atomic E-state index is -0.323. The highest BCUT2D eigenvalue weighted by atomic mass is 35.5. The summed E-state index contributed by atoms with van der Waals surface area (Å²) in [6.45, 7) is 4.30. The van der Waals surface area contributed by atoms with Gasteiger partial charge in [-0.05, 0) is 49.9 Å². The molecule has 1 spiro atoms. The van der Waals surface area contributed by atoms with Crippen LogP contribution in [0.25, 0.3) is 33.2 Å². The van der Waals surface area contributed by atoms with E-state index in [2.05, 4.69) is 31.7 Å². The number of amides is 2. The minimum absolute atomic E-state index is 0.0527. The number of aliphatic hydroxyl groups is 1. The Morgan fingerprint density at radius 2 is 1.83 bits per heavy atom. The zero-order chi connectivity index (χ0) is 36.3. The van der Waals surface area contributed by atoms with Gasteiger partial charge in [0.05, 0.1) is 52.3 Å². The molecule has 2 fully saturated rings. The summed E-state index contributed by atoms with van der Waals surface area (Å²) in [5.41, 5.74) is 5.84. The number of methoxy groups -OCH3 is 1. The number of likely N-dealkylation sites (tertiary alicyclic amines) is 1. The van der Waals surface area contributed by atoms with Crippen LogP contribution in [0, 0.1) is 6.92 Å². The molecule has 1 aliphatic carbocycles. The number of nitrogens with one attached hydrogen (secondary N) is 2. The summed E-state index contributed by atoms with van der Waals surface area (Å²) in [6.07, 6.45) is 4.26. The first-order valence-corrected chi connectivity index (χ1v) is 18.0. The highest BCUT2D eigenvalue weighted by Crippen LogP contribution is 2.47. The number of aliphatic hydroxyl groups excluding tert-OH is 1. The van der Waals surface area contributed by atoms with E-state index < -0.39 is 0 Å². The number of β-amino-alcohol motifs (C(OH)–C–C–N with tert-alkyl or cyclic N) is 1. The molecule has 5 heterocycles. The molecule has 3 aliphatic rings. The van der Waals surface area contributed by atoms with E-state index >= 15 is 0 Å². The Kier molecular flexibility index (Phi) is 8.81. The van der Waals surface area contributed by atoms with Crippen molar-refractivity contribution in [2.45, 2.75) is 37.8 Å². The van der Waals surface area contributed by atoms with E-state index in [0.717, 1.165) is 60.3 Å². The molecule has 0 unspecified atom stereocenters. The van der Waals surface area contributed by atoms with Crippen molar-refractivity contribution in [1.29, 1.82) is 0 Å². The topological polar surface area (TPSA) is 138 Å². The summed E-state index contributed by atoms with van der Waals surface area (Å²) in [4.78, 5) is 39.4. The highest BCUT2D eigenvalue weighted by molar-refractivity contribution is 6.39. The quantitative estimate of drug-likeness (QED) is 0.178. The fraction of sp³-hybridized carbons (Fsp3) is 0.342. The number of hydrogen-bond donors (Lipinski definition) is 3. The number of hydrogen-bond acceptors (Lipinski definition) is 9. The van der Waals surface area contributed by atoms with Crippen LogP contribution < -0.4 is 20.9 Å². The molecule has 2 amide bonds. The number of pyridine rings is 2. The minimum Gasteiger partial charge on any atom is -0.481 e. The van der Waals surface area contributed by atoms with Gasteiger partial charge in [-0.1, -0.05) is 53.5 Å². The van der Waals surface area contributed by atoms with Crippen molar-refractivity contribution in [1.82, 2.24) is 34.9 Å². The normalized spacial score (nSPS) is 19.8. The molecule has 8 rings (SSSR count). The second kappa shape index (κ2) is 13.3. The lowest BCUT2D eigenvalue weighted by Crippen LogP contribution is -2.46. The molecule has 268 valence electrons. The molecule has 12 nitrogen and oxygen atoms in total. The second-order valence-electron chi connectivity index (χ2n) is 13.8. The van der Waals surface area contributed by atoms with Crippen molar-refractivity contribution in [3.05, 3.63) is 91.9 Å². The number of aryl methyl sites for hydroxylation is 3. The largest absolute Gasteiger partial charge is 0.481 e. The first-order chi connectivity index (χ1) is 25.1. The number of carbonyl (C=O) groups is 1. The number of anilines is 2. The number of urea groups is 1. The average molecular weight is 742 g/mol. The van der Waals surface area contributed by atoms with Crippen LogP contribution in [0.15, 0.2) is 59.5 Å². The van der Waals surface area contributed by atoms with Gasteiger partial charge in [-0.15, -0.1) is 0 Å². The van der Waals surface area contributed by atoms with Gasteiger partial charge in [0.1, 0.15) is 5.82 Å². The Hall–Kier alpha value is -4.75. The van der Waals surface area contributed by atoms with Crippen molar-refractivity contribution in [2.75, 3.05) is 45.2 Å². The first-order valence-electron chi connectivity index (χ1n) is 17.3. The van der Waals surface area contributed by atoms with Crippen LogP contribution in [0.5, 0.6) is 5.88 Å². The van der Waals surface area contributed by atoms with Crippen LogP contribution in [0.1, 0.15) is 35.7 Å². The van der Waals surface area contributed by atoms with Crippen LogP contribution in [-0.2, 0) is 13.5 Å². The third-order valence-corrected chi connectivity index (χ3v) is 11.4. The number of ether oxygens (including phenoxy) is 1. The molecule has 52 heavy (non-hydrogen) atoms. The van der Waals surface area contributed by atoms with Crippen molar-refractivity contribution >= 4 is 51.5 Å². The number of halogens is 2. The van der Waals surface area contributed by atoms with Gasteiger partial charge >= 0.3 is 6.03 Å². The Morgan fingerprint density at radius 1 is 1.06 bits per heavy atom. The van der Waals surface area contributed by atoms with Crippen molar-refractivity contribution in [3.63, 3.8) is 0 Å². The maximum atomic E-state index is 13.1. The van der Waals surface area contributed by atoms with Gasteiger partial charge in [0.25, 0.3) is 5.56 Å². The van der Waals surface area contributed by atoms with E-state index in [-0.39, 0.29) is 29.8 Å². The molecule has 2 atom stereocenters. The fourth-order valence-electron chi connectivity index (χ4n) is 8.11. The third-order valence-electron chi connectivity index (χ3n) is 10.5. The maximum absolute atomic E-state index is 13.1. The SMILES string of the molecule is COc1nc(-c2cccc(-c3cccc(Nc4nc(C)cc5cnn(C)c(=O)c45)c3Cl)c2Cl)cc2c1[C@@H](N1CC[C@]3(CN(CCO)C(=O)N3)C1)CC2. The van der Waals surface area contributed by atoms with E-state index in [1.807, 2.05) is 49.4 Å². The highest BCUT2D eigenvalue weighted by Gasteiger charge is 2.49. The zero-order valence-electron chi connectivity index (χ0n) is 29.0. The lowest BCUT2D eigenvalue weighted by atomic mass is 9.99. The van der Waals surface area contributed by atoms with Crippen molar-refractivity contribution < 1.29 is 14.6 Å². The average Bonchev–Trinajstić information content (AvgIpc) is 3.83. The Balaban J connectivity index is 1.10. The van der Waals surface area contributed by atoms with Gasteiger partial charge in [-0.3, -0.25) is 9.69 Å². The second-order valence-corrected chi connectivity index (χ2v) is 14.6. The number of nitrogens with zero attached hydrogens (tertiary/aromatic N) is 6. The molecular weight excluding hydrogens is 703 g/mol. The monoisotopic (exact) mass is 740 g/mol. The van der Waals surface area contributed by atoms with E-state index in [1.165, 1.54) is 4.68 Å².